The zero-order chi connectivity index (χ0) is 15.0. The molecular weight excluding hydrogens is 284 g/mol. The molecule has 2 heterocycles. The summed E-state index contributed by atoms with van der Waals surface area (Å²) >= 11 is 6.34. The molecule has 0 N–H and O–H groups in total. The first-order chi connectivity index (χ1) is 10.1. The van der Waals surface area contributed by atoms with Crippen molar-refractivity contribution in [2.45, 2.75) is 12.3 Å². The van der Waals surface area contributed by atoms with Gasteiger partial charge in [0.25, 0.3) is 0 Å². The lowest BCUT2D eigenvalue weighted by molar-refractivity contribution is 0.873. The van der Waals surface area contributed by atoms with Crippen LogP contribution in [0.4, 0.5) is 5.69 Å². The monoisotopic (exact) mass is 300 g/mol. The van der Waals surface area contributed by atoms with Crippen molar-refractivity contribution in [3.8, 4) is 5.69 Å². The van der Waals surface area contributed by atoms with E-state index in [1.165, 1.54) is 0 Å². The first-order valence-electron chi connectivity index (χ1n) is 6.83. The van der Waals surface area contributed by atoms with Crippen LogP contribution in [0, 0.1) is 0 Å². The standard InChI is InChI=1S/C16H17ClN4/c1-11(17)15-19-12-7-6-10-18-16(12)21(15)14-9-5-4-8-13(14)20(2)3/h4-11H,1-3H3. The second-order valence-electron chi connectivity index (χ2n) is 5.15. The number of imidazole rings is 1. The van der Waals surface area contributed by atoms with Gasteiger partial charge in [0.1, 0.15) is 11.3 Å². The van der Waals surface area contributed by atoms with Crippen molar-refractivity contribution < 1.29 is 0 Å². The Kier molecular flexibility index (Phi) is 3.55. The fraction of sp³-hybridized carbons (Fsp3) is 0.250. The lowest BCUT2D eigenvalue weighted by atomic mass is 10.2. The number of para-hydroxylation sites is 2. The van der Waals surface area contributed by atoms with Crippen LogP contribution in [0.2, 0.25) is 0 Å². The topological polar surface area (TPSA) is 34.0 Å². The van der Waals surface area contributed by atoms with Crippen LogP contribution in [-0.4, -0.2) is 28.6 Å². The number of hydrogen-bond acceptors (Lipinski definition) is 3. The SMILES string of the molecule is CC(Cl)c1nc2cccnc2n1-c1ccccc1N(C)C. The molecule has 0 aliphatic heterocycles. The van der Waals surface area contributed by atoms with E-state index in [0.29, 0.717) is 0 Å². The number of benzene rings is 1. The van der Waals surface area contributed by atoms with Gasteiger partial charge < -0.3 is 4.90 Å². The third kappa shape index (κ3) is 2.36. The van der Waals surface area contributed by atoms with Gasteiger partial charge in [-0.15, -0.1) is 11.6 Å². The van der Waals surface area contributed by atoms with Gasteiger partial charge in [-0.05, 0) is 31.2 Å². The Labute approximate surface area is 129 Å². The molecule has 0 amide bonds. The van der Waals surface area contributed by atoms with Gasteiger partial charge in [0.2, 0.25) is 0 Å². The molecule has 0 aliphatic rings. The van der Waals surface area contributed by atoms with Gasteiger partial charge in [-0.3, -0.25) is 4.57 Å². The number of alkyl halides is 1. The van der Waals surface area contributed by atoms with Crippen LogP contribution in [0.1, 0.15) is 18.1 Å². The van der Waals surface area contributed by atoms with Gasteiger partial charge in [-0.1, -0.05) is 12.1 Å². The molecule has 3 rings (SSSR count). The highest BCUT2D eigenvalue weighted by molar-refractivity contribution is 6.20. The molecular formula is C16H17ClN4. The van der Waals surface area contributed by atoms with Crippen molar-refractivity contribution in [2.75, 3.05) is 19.0 Å². The first-order valence-corrected chi connectivity index (χ1v) is 7.27. The van der Waals surface area contributed by atoms with E-state index >= 15 is 0 Å². The van der Waals surface area contributed by atoms with Crippen LogP contribution in [-0.2, 0) is 0 Å². The van der Waals surface area contributed by atoms with Crippen molar-refractivity contribution >= 4 is 28.5 Å². The number of halogens is 1. The van der Waals surface area contributed by atoms with Crippen molar-refractivity contribution in [3.63, 3.8) is 0 Å². The molecule has 2 aromatic heterocycles. The molecule has 0 spiro atoms. The Bertz CT molecular complexity index is 777. The van der Waals surface area contributed by atoms with Crippen LogP contribution in [0.25, 0.3) is 16.9 Å². The van der Waals surface area contributed by atoms with Gasteiger partial charge in [-0.25, -0.2) is 9.97 Å². The second-order valence-corrected chi connectivity index (χ2v) is 5.81. The molecule has 0 saturated heterocycles. The van der Waals surface area contributed by atoms with Crippen molar-refractivity contribution in [3.05, 3.63) is 48.4 Å². The molecule has 0 aliphatic carbocycles. The maximum atomic E-state index is 6.34. The number of hydrogen-bond donors (Lipinski definition) is 0. The number of nitrogens with zero attached hydrogens (tertiary/aromatic N) is 4. The largest absolute Gasteiger partial charge is 0.376 e. The van der Waals surface area contributed by atoms with Crippen LogP contribution >= 0.6 is 11.6 Å². The lowest BCUT2D eigenvalue weighted by Crippen LogP contribution is -2.13. The van der Waals surface area contributed by atoms with Gasteiger partial charge >= 0.3 is 0 Å². The number of rotatable bonds is 3. The Morgan fingerprint density at radius 2 is 1.90 bits per heavy atom. The summed E-state index contributed by atoms with van der Waals surface area (Å²) in [5, 5.41) is -0.200. The van der Waals surface area contributed by atoms with E-state index in [0.717, 1.165) is 28.4 Å². The molecule has 108 valence electrons. The van der Waals surface area contributed by atoms with Crippen LogP contribution < -0.4 is 4.90 Å². The Morgan fingerprint density at radius 1 is 1.14 bits per heavy atom. The Morgan fingerprint density at radius 3 is 2.62 bits per heavy atom. The van der Waals surface area contributed by atoms with E-state index < -0.39 is 0 Å². The smallest absolute Gasteiger partial charge is 0.164 e. The molecule has 0 saturated carbocycles. The minimum atomic E-state index is -0.200. The highest BCUT2D eigenvalue weighted by Gasteiger charge is 2.19. The summed E-state index contributed by atoms with van der Waals surface area (Å²) in [5.41, 5.74) is 3.81. The molecule has 3 aromatic rings. The van der Waals surface area contributed by atoms with E-state index in [4.69, 9.17) is 11.6 Å². The summed E-state index contributed by atoms with van der Waals surface area (Å²) in [4.78, 5) is 11.2. The quantitative estimate of drug-likeness (QED) is 0.690. The zero-order valence-corrected chi connectivity index (χ0v) is 13.0. The predicted molar refractivity (Wildman–Crippen MR) is 87.5 cm³/mol. The molecule has 21 heavy (non-hydrogen) atoms. The van der Waals surface area contributed by atoms with E-state index in [-0.39, 0.29) is 5.38 Å². The highest BCUT2D eigenvalue weighted by Crippen LogP contribution is 2.31. The lowest BCUT2D eigenvalue weighted by Gasteiger charge is -2.19. The Hall–Kier alpha value is -2.07. The molecule has 0 radical (unpaired) electrons. The summed E-state index contributed by atoms with van der Waals surface area (Å²) in [6.45, 7) is 1.93. The minimum Gasteiger partial charge on any atom is -0.376 e. The van der Waals surface area contributed by atoms with Gasteiger partial charge in [-0.2, -0.15) is 0 Å². The minimum absolute atomic E-state index is 0.200. The van der Waals surface area contributed by atoms with Crippen molar-refractivity contribution in [1.82, 2.24) is 14.5 Å². The maximum Gasteiger partial charge on any atom is 0.164 e. The van der Waals surface area contributed by atoms with E-state index in [2.05, 4.69) is 27.0 Å². The van der Waals surface area contributed by atoms with Crippen molar-refractivity contribution in [2.24, 2.45) is 0 Å². The van der Waals surface area contributed by atoms with Crippen LogP contribution in [0.3, 0.4) is 0 Å². The Balaban J connectivity index is 2.36. The molecule has 1 atom stereocenters. The predicted octanol–water partition coefficient (Wildman–Crippen LogP) is 3.79. The number of fused-ring (bicyclic) bond motifs is 1. The van der Waals surface area contributed by atoms with Crippen LogP contribution in [0.15, 0.2) is 42.6 Å². The number of aromatic nitrogens is 3. The van der Waals surface area contributed by atoms with Crippen LogP contribution in [0.5, 0.6) is 0 Å². The highest BCUT2D eigenvalue weighted by atomic mass is 35.5. The molecule has 1 aromatic carbocycles. The molecule has 5 heteroatoms. The molecule has 0 fully saturated rings. The van der Waals surface area contributed by atoms with E-state index in [1.807, 2.05) is 49.9 Å². The summed E-state index contributed by atoms with van der Waals surface area (Å²) in [6, 6.07) is 12.0. The molecule has 4 nitrogen and oxygen atoms in total. The zero-order valence-electron chi connectivity index (χ0n) is 12.3. The first kappa shape index (κ1) is 13.9. The normalized spacial score (nSPS) is 12.6. The van der Waals surface area contributed by atoms with E-state index in [9.17, 15) is 0 Å². The average molecular weight is 301 g/mol. The maximum absolute atomic E-state index is 6.34. The fourth-order valence-electron chi connectivity index (χ4n) is 2.47. The third-order valence-electron chi connectivity index (χ3n) is 3.40. The van der Waals surface area contributed by atoms with E-state index in [1.54, 1.807) is 6.20 Å². The number of pyridine rings is 1. The summed E-state index contributed by atoms with van der Waals surface area (Å²) in [6.07, 6.45) is 1.78. The fourth-order valence-corrected chi connectivity index (χ4v) is 2.61. The van der Waals surface area contributed by atoms with Gasteiger partial charge in [0, 0.05) is 20.3 Å². The number of anilines is 1. The average Bonchev–Trinajstić information content (AvgIpc) is 2.86. The third-order valence-corrected chi connectivity index (χ3v) is 3.60. The van der Waals surface area contributed by atoms with Gasteiger partial charge in [0.15, 0.2) is 5.65 Å². The molecule has 1 unspecified atom stereocenters. The van der Waals surface area contributed by atoms with Crippen molar-refractivity contribution in [1.29, 1.82) is 0 Å². The molecule has 0 bridgehead atoms. The van der Waals surface area contributed by atoms with Gasteiger partial charge in [0.05, 0.1) is 16.8 Å². The summed E-state index contributed by atoms with van der Waals surface area (Å²) in [7, 11) is 4.05. The second kappa shape index (κ2) is 5.37. The summed E-state index contributed by atoms with van der Waals surface area (Å²) in [5.74, 6) is 0.805. The summed E-state index contributed by atoms with van der Waals surface area (Å²) < 4.78 is 2.04.